The fourth-order valence-electron chi connectivity index (χ4n) is 9.58. The summed E-state index contributed by atoms with van der Waals surface area (Å²) in [6.45, 7) is 8.99. The van der Waals surface area contributed by atoms with Gasteiger partial charge in [0.25, 0.3) is 0 Å². The van der Waals surface area contributed by atoms with Crippen molar-refractivity contribution in [2.24, 2.45) is 16.9 Å². The lowest BCUT2D eigenvalue weighted by atomic mass is 9.87. The molecule has 0 saturated heterocycles. The van der Waals surface area contributed by atoms with Gasteiger partial charge in [-0.05, 0) is 194 Å². The summed E-state index contributed by atoms with van der Waals surface area (Å²) in [4.78, 5) is 81.4. The number of carbonyl (C=O) groups is 6. The topological polar surface area (TPSA) is 229 Å². The number of unbranched alkanes of at least 4 members (excludes halogenated alkanes) is 8. The SMILES string of the molecule is C=CC(=O)OCCCCCCOc1ccc(OC(=O)[C@H]2CC[C@@H](OC(=O)c3ccc(OC(=O)[C@H]4CC[C@@H](OC(=O)c5ccc(OCCCCCCOC(=O)C=C)cc5)CC4)cc3/C=N/N(CCCCC#N)c3nc4ccccc4s3)CC2)cc1. The van der Waals surface area contributed by atoms with E-state index in [-0.39, 0.29) is 29.3 Å². The highest BCUT2D eigenvalue weighted by Crippen LogP contribution is 2.33. The Kier molecular flexibility index (Phi) is 25.8. The first-order valence-electron chi connectivity index (χ1n) is 29.1. The average Bonchev–Trinajstić information content (AvgIpc) is 4.10. The van der Waals surface area contributed by atoms with Crippen LogP contribution in [-0.2, 0) is 38.1 Å². The van der Waals surface area contributed by atoms with Gasteiger partial charge in [-0.2, -0.15) is 10.4 Å². The fraction of sp³-hybridized carbons (Fsp3) is 0.431. The molecule has 0 bridgehead atoms. The van der Waals surface area contributed by atoms with Crippen LogP contribution in [0.25, 0.3) is 10.2 Å². The summed E-state index contributed by atoms with van der Waals surface area (Å²) in [5.74, 6) is -1.62. The van der Waals surface area contributed by atoms with Gasteiger partial charge in [-0.1, -0.05) is 36.6 Å². The van der Waals surface area contributed by atoms with Crippen molar-refractivity contribution in [2.45, 2.75) is 134 Å². The van der Waals surface area contributed by atoms with Crippen molar-refractivity contribution in [1.29, 1.82) is 5.26 Å². The Labute approximate surface area is 494 Å². The first-order chi connectivity index (χ1) is 41.0. The molecule has 2 aliphatic carbocycles. The summed E-state index contributed by atoms with van der Waals surface area (Å²) in [6.07, 6.45) is 15.2. The van der Waals surface area contributed by atoms with Crippen LogP contribution in [0.15, 0.2) is 121 Å². The second kappa shape index (κ2) is 34.3. The highest BCUT2D eigenvalue weighted by molar-refractivity contribution is 7.22. The third-order valence-corrected chi connectivity index (χ3v) is 15.4. The summed E-state index contributed by atoms with van der Waals surface area (Å²) < 4.78 is 46.3. The Morgan fingerprint density at radius 1 is 0.595 bits per heavy atom. The Morgan fingerprint density at radius 2 is 1.11 bits per heavy atom. The second-order valence-electron chi connectivity index (χ2n) is 20.6. The molecule has 18 nitrogen and oxygen atoms in total. The standard InChI is InChI=1S/C65H74N4O14S/c1-3-59(70)78-42-16-7-5-14-40-76-50-26-20-46(21-27-50)61(72)80-52-28-22-48(23-29-52)63(74)83-55-36-37-56(49(44-55)45-67-69(39-13-9-12-38-66)65-68-57-18-10-11-19-58(57)84-65)64(75)82-53-30-24-47(25-31-53)62(73)81-54-34-32-51(33-35-54)77-41-15-6-8-17-43-79-60(71)4-2/h3-4,10-11,18-21,26-27,32-37,44-45,47-48,52-53H,1-2,5-9,12-17,22-25,28-31,39-43H2/b67-45+/t47-,48-,52+,53+. The maximum atomic E-state index is 14.1. The third kappa shape index (κ3) is 20.8. The number of fused-ring (bicyclic) bond motifs is 1. The molecule has 444 valence electrons. The highest BCUT2D eigenvalue weighted by atomic mass is 32.1. The van der Waals surface area contributed by atoms with E-state index >= 15 is 0 Å². The van der Waals surface area contributed by atoms with Crippen LogP contribution >= 0.6 is 11.3 Å². The molecule has 0 radical (unpaired) electrons. The Balaban J connectivity index is 0.911. The van der Waals surface area contributed by atoms with Gasteiger partial charge < -0.3 is 37.9 Å². The van der Waals surface area contributed by atoms with E-state index in [1.54, 1.807) is 71.7 Å². The number of ether oxygens (including phenoxy) is 8. The molecule has 0 unspecified atom stereocenters. The van der Waals surface area contributed by atoms with Crippen molar-refractivity contribution in [2.75, 3.05) is 38.0 Å². The van der Waals surface area contributed by atoms with Gasteiger partial charge in [0.1, 0.15) is 35.2 Å². The van der Waals surface area contributed by atoms with Crippen LogP contribution in [0, 0.1) is 23.2 Å². The van der Waals surface area contributed by atoms with Crippen molar-refractivity contribution in [3.8, 4) is 29.1 Å². The van der Waals surface area contributed by atoms with Crippen LogP contribution in [-0.4, -0.2) is 92.2 Å². The van der Waals surface area contributed by atoms with Crippen molar-refractivity contribution < 1.29 is 66.7 Å². The molecule has 84 heavy (non-hydrogen) atoms. The number of benzene rings is 4. The lowest BCUT2D eigenvalue weighted by Gasteiger charge is -2.27. The van der Waals surface area contributed by atoms with Gasteiger partial charge in [-0.15, -0.1) is 0 Å². The van der Waals surface area contributed by atoms with Gasteiger partial charge in [0.05, 0.1) is 71.9 Å². The van der Waals surface area contributed by atoms with Crippen molar-refractivity contribution in [1.82, 2.24) is 4.98 Å². The fourth-order valence-corrected chi connectivity index (χ4v) is 10.5. The van der Waals surface area contributed by atoms with E-state index in [2.05, 4.69) is 19.2 Å². The number of para-hydroxylation sites is 1. The number of esters is 6. The molecule has 2 saturated carbocycles. The molecular weight excluding hydrogens is 1090 g/mol. The van der Waals surface area contributed by atoms with Crippen LogP contribution in [0.2, 0.25) is 0 Å². The molecule has 0 spiro atoms. The molecule has 2 aliphatic rings. The normalized spacial score (nSPS) is 16.6. The molecule has 19 heteroatoms. The van der Waals surface area contributed by atoms with E-state index in [1.807, 2.05) is 24.3 Å². The molecule has 1 aromatic heterocycles. The van der Waals surface area contributed by atoms with Crippen LogP contribution in [0.5, 0.6) is 23.0 Å². The Morgan fingerprint density at radius 3 is 1.67 bits per heavy atom. The molecule has 4 aromatic carbocycles. The van der Waals surface area contributed by atoms with Gasteiger partial charge in [-0.3, -0.25) is 9.59 Å². The monoisotopic (exact) mass is 1170 g/mol. The van der Waals surface area contributed by atoms with E-state index < -0.39 is 41.9 Å². The number of nitrogens with zero attached hydrogens (tertiary/aromatic N) is 4. The molecule has 2 fully saturated rings. The smallest absolute Gasteiger partial charge is 0.339 e. The van der Waals surface area contributed by atoms with E-state index in [4.69, 9.17) is 48.0 Å². The number of hydrazone groups is 1. The summed E-state index contributed by atoms with van der Waals surface area (Å²) >= 11 is 1.47. The first kappa shape index (κ1) is 63.2. The summed E-state index contributed by atoms with van der Waals surface area (Å²) in [5.41, 5.74) is 1.75. The zero-order chi connectivity index (χ0) is 59.3. The Hall–Kier alpha value is -8.37. The summed E-state index contributed by atoms with van der Waals surface area (Å²) in [7, 11) is 0. The number of rotatable bonds is 33. The van der Waals surface area contributed by atoms with Crippen LogP contribution < -0.4 is 24.0 Å². The van der Waals surface area contributed by atoms with Gasteiger partial charge in [-0.25, -0.2) is 29.2 Å². The van der Waals surface area contributed by atoms with Crippen LogP contribution in [0.4, 0.5) is 5.13 Å². The van der Waals surface area contributed by atoms with Crippen molar-refractivity contribution in [3.05, 3.63) is 133 Å². The molecule has 7 rings (SSSR count). The molecule has 5 aromatic rings. The predicted molar refractivity (Wildman–Crippen MR) is 317 cm³/mol. The van der Waals surface area contributed by atoms with Gasteiger partial charge in [0.15, 0.2) is 0 Å². The number of thiazole rings is 1. The number of hydrogen-bond acceptors (Lipinski definition) is 19. The van der Waals surface area contributed by atoms with E-state index in [0.717, 1.165) is 73.7 Å². The Bertz CT molecular complexity index is 3010. The zero-order valence-electron chi connectivity index (χ0n) is 47.5. The maximum absolute atomic E-state index is 14.1. The van der Waals surface area contributed by atoms with Crippen molar-refractivity contribution >= 4 is 68.7 Å². The number of hydrogen-bond donors (Lipinski definition) is 0. The van der Waals surface area contributed by atoms with E-state index in [0.29, 0.717) is 137 Å². The van der Waals surface area contributed by atoms with Gasteiger partial charge in [0, 0.05) is 30.7 Å². The lowest BCUT2D eigenvalue weighted by Crippen LogP contribution is -2.30. The average molecular weight is 1170 g/mol. The van der Waals surface area contributed by atoms with E-state index in [1.165, 1.54) is 17.6 Å². The first-order valence-corrected chi connectivity index (χ1v) is 29.9. The second-order valence-corrected chi connectivity index (χ2v) is 21.6. The van der Waals surface area contributed by atoms with Crippen molar-refractivity contribution in [3.63, 3.8) is 0 Å². The minimum atomic E-state index is -0.600. The summed E-state index contributed by atoms with van der Waals surface area (Å²) in [6, 6.07) is 28.4. The number of carbonyl (C=O) groups excluding carboxylic acids is 6. The van der Waals surface area contributed by atoms with Gasteiger partial charge in [0.2, 0.25) is 5.13 Å². The molecular formula is C65H74N4O14S. The van der Waals surface area contributed by atoms with Gasteiger partial charge >= 0.3 is 35.8 Å². The van der Waals surface area contributed by atoms with Crippen LogP contribution in [0.3, 0.4) is 0 Å². The number of anilines is 1. The molecule has 0 aliphatic heterocycles. The molecule has 1 heterocycles. The zero-order valence-corrected chi connectivity index (χ0v) is 48.3. The number of aromatic nitrogens is 1. The highest BCUT2D eigenvalue weighted by Gasteiger charge is 2.32. The minimum absolute atomic E-state index is 0.198. The number of nitriles is 1. The molecule has 0 amide bonds. The van der Waals surface area contributed by atoms with E-state index in [9.17, 15) is 34.0 Å². The lowest BCUT2D eigenvalue weighted by molar-refractivity contribution is -0.141. The molecule has 0 N–H and O–H groups in total. The van der Waals surface area contributed by atoms with Crippen LogP contribution in [0.1, 0.15) is 148 Å². The minimum Gasteiger partial charge on any atom is -0.494 e. The summed E-state index contributed by atoms with van der Waals surface area (Å²) in [5, 5.41) is 16.4. The quantitative estimate of drug-likeness (QED) is 0.00723. The predicted octanol–water partition coefficient (Wildman–Crippen LogP) is 12.8. The molecule has 0 atom stereocenters. The third-order valence-electron chi connectivity index (χ3n) is 14.3. The largest absolute Gasteiger partial charge is 0.494 e. The maximum Gasteiger partial charge on any atom is 0.339 e.